The number of aliphatic imine (C=N–C) groups is 1. The number of carbonyl (C=O) groups is 13. The number of nitrogens with two attached hydrogens (primary N) is 2. The van der Waals surface area contributed by atoms with Crippen LogP contribution in [-0.4, -0.2) is 312 Å². The van der Waals surface area contributed by atoms with E-state index in [0.29, 0.717) is 50.8 Å². The van der Waals surface area contributed by atoms with E-state index in [4.69, 9.17) is 54.2 Å². The quantitative estimate of drug-likeness (QED) is 0.00966. The summed E-state index contributed by atoms with van der Waals surface area (Å²) >= 11 is 9.38. The van der Waals surface area contributed by atoms with Crippen LogP contribution in [-0.2, 0) is 111 Å². The first-order chi connectivity index (χ1) is 53.5. The number of carbonyl (C=O) groups excluding carboxylic acids is 12. The number of carboxylic acid groups (broad SMARTS) is 1. The van der Waals surface area contributed by atoms with Gasteiger partial charge in [0.1, 0.15) is 61.3 Å². The van der Waals surface area contributed by atoms with Crippen molar-refractivity contribution < 1.29 is 115 Å². The summed E-state index contributed by atoms with van der Waals surface area (Å²) in [6.45, 7) is 1.68. The largest absolute Gasteiger partial charge is 0.481 e. The number of amides is 12. The third kappa shape index (κ3) is 46.4. The fourth-order valence-corrected chi connectivity index (χ4v) is 10.8. The third-order valence-corrected chi connectivity index (χ3v) is 16.8. The van der Waals surface area contributed by atoms with Gasteiger partial charge in [0.15, 0.2) is 12.6 Å². The van der Waals surface area contributed by atoms with Gasteiger partial charge in [-0.05, 0) is 55.4 Å². The molecule has 620 valence electrons. The van der Waals surface area contributed by atoms with Crippen LogP contribution in [0.4, 0.5) is 4.39 Å². The normalized spacial score (nSPS) is 18.8. The van der Waals surface area contributed by atoms with Crippen molar-refractivity contribution in [1.82, 2.24) is 63.8 Å². The average Bonchev–Trinajstić information content (AvgIpc) is 0.939. The van der Waals surface area contributed by atoms with Gasteiger partial charge >= 0.3 is 5.97 Å². The van der Waals surface area contributed by atoms with Crippen LogP contribution < -0.4 is 75.3 Å². The molecule has 12 amide bonds. The van der Waals surface area contributed by atoms with E-state index in [1.807, 2.05) is 0 Å². The molecule has 0 saturated carbocycles. The topological polar surface area (TPSA) is 546 Å². The molecule has 43 heteroatoms. The van der Waals surface area contributed by atoms with Crippen LogP contribution >= 0.6 is 37.0 Å². The standard InChI is InChI=1S/C68H105FN16O23S3/c1-100-24-25-101-23-20-75-62(94)54-43-111-44-59(90)79-49(10-5-6-16-72-56(87)38-107-39-57(88)73-18-21-102-26-28-104-30-32-106-33-31-105-29-27-103-22-19-74-58(89)40-108-78-36-46-12-14-47(69)15-13-46)63(95)83-52(41-109)66(98)81-48(11-7-17-76-68(70)71)61(93)77-37-55(86)80-51(35-60(91)92)65(97)84-53(42-110)67(99)82-50(64(96)85-54)34-45-8-3-2-4-9-45/h2-4,8-9,12-15,36,48-54,109-110H,5-7,10-11,16-35,37-44H2,1H3,(H,72,87)(H,73,88)(H,74,89)(H,75,94)(H,77,93)(H,79,90)(H,80,86)(H,81,98)(H,82,99)(H,83,95)(H,84,97)(H,85,96)(H,91,92)(H4,70,71,76)/b78-36+/t48-,49-,50-,51-,52-,53-,54-/m0/s1. The monoisotopic (exact) mass is 1630 g/mol. The maximum absolute atomic E-state index is 14.4. The van der Waals surface area contributed by atoms with Crippen molar-refractivity contribution in [2.24, 2.45) is 21.6 Å². The molecular weight excluding hydrogens is 1520 g/mol. The summed E-state index contributed by atoms with van der Waals surface area (Å²) in [4.78, 5) is 183. The number of ether oxygens (including phenoxy) is 8. The molecule has 0 bridgehead atoms. The average molecular weight is 1630 g/mol. The lowest BCUT2D eigenvalue weighted by Gasteiger charge is -2.26. The molecule has 1 heterocycles. The van der Waals surface area contributed by atoms with Gasteiger partial charge in [0.05, 0.1) is 111 Å². The number of hydrogen-bond acceptors (Lipinski definition) is 27. The molecule has 0 radical (unpaired) electrons. The summed E-state index contributed by atoms with van der Waals surface area (Å²) in [5.74, 6) is -13.6. The zero-order chi connectivity index (χ0) is 81.2. The van der Waals surface area contributed by atoms with Crippen LogP contribution in [0, 0.1) is 5.82 Å². The van der Waals surface area contributed by atoms with Gasteiger partial charge in [-0.15, -0.1) is 11.8 Å². The highest BCUT2D eigenvalue weighted by Crippen LogP contribution is 2.11. The Morgan fingerprint density at radius 3 is 1.58 bits per heavy atom. The second-order valence-corrected chi connectivity index (χ2v) is 25.7. The number of nitrogens with zero attached hydrogens (tertiary/aromatic N) is 2. The second-order valence-electron chi connectivity index (χ2n) is 23.9. The SMILES string of the molecule is COCCOCCNC(=O)[C@@H]1CSCC(=O)N[C@@H](CCCCNC(=O)COCC(=O)NCCOCCOCCOCCOCCOCCNC(=O)CO/N=C/c2ccc(F)cc2)C(=O)N[C@@H](CS)C(=O)N[C@@H](CCCN=C(N)N)C(=O)NCC(=O)N[C@@H](CC(=O)O)C(=O)N[C@@H](CS)C(=O)N[C@@H](Cc2ccccc2)C(=O)N1. The Labute approximate surface area is 656 Å². The van der Waals surface area contributed by atoms with Crippen LogP contribution in [0.15, 0.2) is 64.7 Å². The number of nitrogens with one attached hydrogen (secondary N) is 12. The van der Waals surface area contributed by atoms with Gasteiger partial charge in [-0.2, -0.15) is 25.3 Å². The first-order valence-corrected chi connectivity index (χ1v) is 37.9. The molecule has 17 N–H and O–H groups in total. The minimum Gasteiger partial charge on any atom is -0.481 e. The Kier molecular flexibility index (Phi) is 51.7. The van der Waals surface area contributed by atoms with E-state index in [1.54, 1.807) is 30.3 Å². The smallest absolute Gasteiger partial charge is 0.305 e. The van der Waals surface area contributed by atoms with E-state index >= 15 is 0 Å². The summed E-state index contributed by atoms with van der Waals surface area (Å²) in [5.41, 5.74) is 12.1. The number of benzene rings is 2. The lowest BCUT2D eigenvalue weighted by atomic mass is 10.0. The Balaban J connectivity index is 1.58. The number of carboxylic acids is 1. The van der Waals surface area contributed by atoms with E-state index in [-0.39, 0.29) is 153 Å². The number of thioether (sulfide) groups is 1. The van der Waals surface area contributed by atoms with Crippen molar-refractivity contribution in [1.29, 1.82) is 0 Å². The minimum absolute atomic E-state index is 0.0201. The van der Waals surface area contributed by atoms with Gasteiger partial charge in [-0.3, -0.25) is 67.3 Å². The van der Waals surface area contributed by atoms with E-state index in [2.05, 4.69) is 99.2 Å². The van der Waals surface area contributed by atoms with Crippen LogP contribution in [0.25, 0.3) is 0 Å². The summed E-state index contributed by atoms with van der Waals surface area (Å²) in [6.07, 6.45) is 0.414. The minimum atomic E-state index is -1.85. The summed E-state index contributed by atoms with van der Waals surface area (Å²) < 4.78 is 56.0. The molecule has 39 nitrogen and oxygen atoms in total. The Bertz CT molecular complexity index is 3230. The number of halogens is 1. The number of guanidine groups is 1. The molecule has 7 atom stereocenters. The van der Waals surface area contributed by atoms with E-state index in [9.17, 15) is 71.8 Å². The van der Waals surface area contributed by atoms with Crippen molar-refractivity contribution in [3.8, 4) is 0 Å². The number of thiol groups is 2. The molecule has 2 aromatic carbocycles. The van der Waals surface area contributed by atoms with Crippen molar-refractivity contribution in [2.45, 2.75) is 87.2 Å². The summed E-state index contributed by atoms with van der Waals surface area (Å²) in [5, 5.41) is 43.8. The number of rotatable bonds is 48. The highest BCUT2D eigenvalue weighted by molar-refractivity contribution is 8.00. The molecule has 2 aromatic rings. The molecular formula is C68H105FN16O23S3. The van der Waals surface area contributed by atoms with Crippen LogP contribution in [0.3, 0.4) is 0 Å². The molecule has 0 unspecified atom stereocenters. The van der Waals surface area contributed by atoms with Crippen LogP contribution in [0.5, 0.6) is 0 Å². The molecule has 0 spiro atoms. The molecule has 1 aliphatic heterocycles. The van der Waals surface area contributed by atoms with E-state index < -0.39 is 151 Å². The van der Waals surface area contributed by atoms with Crippen molar-refractivity contribution in [3.63, 3.8) is 0 Å². The first kappa shape index (κ1) is 96.2. The fourth-order valence-electron chi connectivity index (χ4n) is 9.41. The molecule has 0 aliphatic carbocycles. The van der Waals surface area contributed by atoms with Gasteiger partial charge in [-0.1, -0.05) is 47.6 Å². The van der Waals surface area contributed by atoms with Crippen LogP contribution in [0.2, 0.25) is 0 Å². The molecule has 1 fully saturated rings. The predicted octanol–water partition coefficient (Wildman–Crippen LogP) is -5.54. The Morgan fingerprint density at radius 2 is 1.02 bits per heavy atom. The number of hydrogen-bond donors (Lipinski definition) is 17. The van der Waals surface area contributed by atoms with Crippen molar-refractivity contribution in [2.75, 3.05) is 175 Å². The highest BCUT2D eigenvalue weighted by atomic mass is 32.2. The molecule has 111 heavy (non-hydrogen) atoms. The molecule has 1 saturated heterocycles. The highest BCUT2D eigenvalue weighted by Gasteiger charge is 2.34. The van der Waals surface area contributed by atoms with Gasteiger partial charge in [0.25, 0.3) is 5.91 Å². The van der Waals surface area contributed by atoms with Crippen LogP contribution in [0.1, 0.15) is 49.7 Å². The van der Waals surface area contributed by atoms with Gasteiger partial charge < -0.3 is 123 Å². The molecule has 3 rings (SSSR count). The summed E-state index contributed by atoms with van der Waals surface area (Å²) in [6, 6.07) is 3.40. The number of aliphatic carboxylic acids is 1. The Morgan fingerprint density at radius 1 is 0.541 bits per heavy atom. The maximum atomic E-state index is 14.4. The van der Waals surface area contributed by atoms with Gasteiger partial charge in [0, 0.05) is 63.5 Å². The molecule has 1 aliphatic rings. The zero-order valence-corrected chi connectivity index (χ0v) is 64.4. The van der Waals surface area contributed by atoms with Crippen molar-refractivity contribution in [3.05, 3.63) is 71.5 Å². The molecule has 0 aromatic heterocycles. The Hall–Kier alpha value is -9.05. The second kappa shape index (κ2) is 59.7. The number of methoxy groups -OCH3 is 1. The number of unbranched alkanes of at least 4 members (excludes halogenated alkanes) is 1. The zero-order valence-electron chi connectivity index (χ0n) is 61.8. The summed E-state index contributed by atoms with van der Waals surface area (Å²) in [7, 11) is 1.48. The lowest BCUT2D eigenvalue weighted by Crippen LogP contribution is -2.60. The fraction of sp³-hybridized carbons (Fsp3) is 0.603. The van der Waals surface area contributed by atoms with E-state index in [1.165, 1.54) is 37.6 Å². The van der Waals surface area contributed by atoms with Crippen molar-refractivity contribution >= 4 is 126 Å². The third-order valence-electron chi connectivity index (χ3n) is 15.0. The lowest BCUT2D eigenvalue weighted by molar-refractivity contribution is -0.141. The predicted molar refractivity (Wildman–Crippen MR) is 407 cm³/mol. The number of oxime groups is 1. The van der Waals surface area contributed by atoms with Gasteiger partial charge in [-0.25, -0.2) is 4.39 Å². The van der Waals surface area contributed by atoms with E-state index in [0.717, 1.165) is 11.8 Å². The maximum Gasteiger partial charge on any atom is 0.305 e. The first-order valence-electron chi connectivity index (χ1n) is 35.5. The van der Waals surface area contributed by atoms with Gasteiger partial charge in [0.2, 0.25) is 65.0 Å².